The molecule has 0 atom stereocenters. The number of nitrogens with one attached hydrogen (secondary N) is 2. The van der Waals surface area contributed by atoms with E-state index < -0.39 is 21.7 Å². The van der Waals surface area contributed by atoms with Gasteiger partial charge in [0, 0.05) is 11.9 Å². The largest absolute Gasteiger partial charge is 0.363 e. The lowest BCUT2D eigenvalue weighted by molar-refractivity contribution is 0.0990. The first-order valence-electron chi connectivity index (χ1n) is 8.77. The standard InChI is InChI=1S/C18H15FN8O3S/c19-10-4-1-3-9(7-10)8-22-18-24-16(23-17(25-18)15(20)28)14-11-5-2-6-12(31(21,29)30)13(11)26-27-14/h1-7H,8H2,(H2,20,28)(H,26,27)(H2,21,29,30)(H,22,23,24,25). The molecule has 158 valence electrons. The van der Waals surface area contributed by atoms with Crippen molar-refractivity contribution in [2.75, 3.05) is 5.32 Å². The van der Waals surface area contributed by atoms with Crippen LogP contribution in [0.1, 0.15) is 16.2 Å². The van der Waals surface area contributed by atoms with Crippen LogP contribution in [0.25, 0.3) is 22.4 Å². The Morgan fingerprint density at radius 1 is 1.13 bits per heavy atom. The predicted molar refractivity (Wildman–Crippen MR) is 109 cm³/mol. The smallest absolute Gasteiger partial charge is 0.286 e. The zero-order valence-corrected chi connectivity index (χ0v) is 16.5. The van der Waals surface area contributed by atoms with Gasteiger partial charge in [0.2, 0.25) is 21.8 Å². The van der Waals surface area contributed by atoms with E-state index in [1.54, 1.807) is 18.2 Å². The number of aromatic amines is 1. The van der Waals surface area contributed by atoms with Gasteiger partial charge in [-0.1, -0.05) is 24.3 Å². The molecule has 4 aromatic rings. The van der Waals surface area contributed by atoms with E-state index in [-0.39, 0.29) is 40.2 Å². The molecule has 11 nitrogen and oxygen atoms in total. The van der Waals surface area contributed by atoms with E-state index in [4.69, 9.17) is 10.9 Å². The van der Waals surface area contributed by atoms with Gasteiger partial charge < -0.3 is 11.1 Å². The van der Waals surface area contributed by atoms with E-state index in [1.165, 1.54) is 24.3 Å². The Balaban J connectivity index is 1.77. The molecule has 1 amide bonds. The number of amides is 1. The Kier molecular flexibility index (Phi) is 5.04. The summed E-state index contributed by atoms with van der Waals surface area (Å²) in [6, 6.07) is 10.3. The highest BCUT2D eigenvalue weighted by Gasteiger charge is 2.20. The first kappa shape index (κ1) is 20.3. The van der Waals surface area contributed by atoms with Crippen molar-refractivity contribution in [3.05, 3.63) is 59.7 Å². The number of primary sulfonamides is 1. The third kappa shape index (κ3) is 4.17. The minimum Gasteiger partial charge on any atom is -0.363 e. The summed E-state index contributed by atoms with van der Waals surface area (Å²) < 4.78 is 37.0. The first-order chi connectivity index (χ1) is 14.7. The lowest BCUT2D eigenvalue weighted by Gasteiger charge is -2.08. The molecule has 6 N–H and O–H groups in total. The molecule has 2 heterocycles. The fraction of sp³-hybridized carbons (Fsp3) is 0.0556. The number of carbonyl (C=O) groups is 1. The predicted octanol–water partition coefficient (Wildman–Crippen LogP) is 0.912. The van der Waals surface area contributed by atoms with E-state index in [9.17, 15) is 17.6 Å². The maximum absolute atomic E-state index is 13.4. The van der Waals surface area contributed by atoms with Crippen molar-refractivity contribution in [2.45, 2.75) is 11.4 Å². The summed E-state index contributed by atoms with van der Waals surface area (Å²) in [5.74, 6) is -1.61. The molecule has 0 aliphatic carbocycles. The SMILES string of the molecule is NC(=O)c1nc(NCc2cccc(F)c2)nc(-c2[nH]nc3c(S(N)(=O)=O)cccc23)n1. The van der Waals surface area contributed by atoms with E-state index in [1.807, 2.05) is 0 Å². The molecule has 2 aromatic carbocycles. The molecule has 31 heavy (non-hydrogen) atoms. The van der Waals surface area contributed by atoms with Crippen molar-refractivity contribution in [3.8, 4) is 11.5 Å². The van der Waals surface area contributed by atoms with Crippen LogP contribution in [0.4, 0.5) is 10.3 Å². The Morgan fingerprint density at radius 3 is 2.61 bits per heavy atom. The molecule has 0 aliphatic rings. The van der Waals surface area contributed by atoms with Gasteiger partial charge in [-0.15, -0.1) is 0 Å². The molecule has 0 bridgehead atoms. The minimum absolute atomic E-state index is 0.000360. The number of halogens is 1. The molecule has 0 spiro atoms. The molecule has 13 heteroatoms. The number of sulfonamides is 1. The van der Waals surface area contributed by atoms with E-state index in [0.717, 1.165) is 0 Å². The zero-order chi connectivity index (χ0) is 22.2. The average molecular weight is 442 g/mol. The normalized spacial score (nSPS) is 11.5. The molecule has 0 saturated carbocycles. The van der Waals surface area contributed by atoms with Crippen LogP contribution < -0.4 is 16.2 Å². The number of primary amides is 1. The number of hydrogen-bond acceptors (Lipinski definition) is 8. The molecule has 2 aromatic heterocycles. The highest BCUT2D eigenvalue weighted by Crippen LogP contribution is 2.28. The van der Waals surface area contributed by atoms with Crippen LogP contribution in [0.3, 0.4) is 0 Å². The number of rotatable bonds is 6. The van der Waals surface area contributed by atoms with Gasteiger partial charge >= 0.3 is 0 Å². The highest BCUT2D eigenvalue weighted by atomic mass is 32.2. The summed E-state index contributed by atoms with van der Waals surface area (Å²) in [7, 11) is -4.02. The van der Waals surface area contributed by atoms with Crippen molar-refractivity contribution in [1.29, 1.82) is 0 Å². The van der Waals surface area contributed by atoms with Crippen LogP contribution in [0.5, 0.6) is 0 Å². The number of fused-ring (bicyclic) bond motifs is 1. The van der Waals surface area contributed by atoms with E-state index >= 15 is 0 Å². The number of nitrogens with two attached hydrogens (primary N) is 2. The second-order valence-electron chi connectivity index (χ2n) is 6.45. The Bertz CT molecular complexity index is 1420. The number of nitrogens with zero attached hydrogens (tertiary/aromatic N) is 4. The number of hydrogen-bond donors (Lipinski definition) is 4. The number of benzene rings is 2. The molecule has 0 fully saturated rings. The second kappa shape index (κ2) is 7.70. The number of carbonyl (C=O) groups excluding carboxylic acids is 1. The number of para-hydroxylation sites is 1. The molecule has 0 radical (unpaired) electrons. The molecule has 0 aliphatic heterocycles. The van der Waals surface area contributed by atoms with Crippen molar-refractivity contribution >= 4 is 32.8 Å². The summed E-state index contributed by atoms with van der Waals surface area (Å²) >= 11 is 0. The fourth-order valence-corrected chi connectivity index (χ4v) is 3.61. The topological polar surface area (TPSA) is 183 Å². The van der Waals surface area contributed by atoms with Crippen molar-refractivity contribution in [1.82, 2.24) is 25.1 Å². The summed E-state index contributed by atoms with van der Waals surface area (Å²) in [6.45, 7) is 0.165. The minimum atomic E-state index is -4.02. The number of H-pyrrole nitrogens is 1. The maximum Gasteiger partial charge on any atom is 0.286 e. The van der Waals surface area contributed by atoms with Crippen molar-refractivity contribution < 1.29 is 17.6 Å². The molecule has 4 rings (SSSR count). The van der Waals surface area contributed by atoms with Crippen molar-refractivity contribution in [2.24, 2.45) is 10.9 Å². The van der Waals surface area contributed by atoms with E-state index in [0.29, 0.717) is 10.9 Å². The summed E-state index contributed by atoms with van der Waals surface area (Å²) in [5, 5.41) is 15.2. The third-order valence-electron chi connectivity index (χ3n) is 4.27. The summed E-state index contributed by atoms with van der Waals surface area (Å²) in [5.41, 5.74) is 6.28. The lowest BCUT2D eigenvalue weighted by atomic mass is 10.2. The number of anilines is 1. The van der Waals surface area contributed by atoms with Crippen LogP contribution in [-0.2, 0) is 16.6 Å². The van der Waals surface area contributed by atoms with Crippen molar-refractivity contribution in [3.63, 3.8) is 0 Å². The Hall–Kier alpha value is -3.97. The molecular formula is C18H15FN8O3S. The Labute approximate surface area is 174 Å². The quantitative estimate of drug-likeness (QED) is 0.340. The fourth-order valence-electron chi connectivity index (χ4n) is 2.92. The van der Waals surface area contributed by atoms with Crippen LogP contribution >= 0.6 is 0 Å². The van der Waals surface area contributed by atoms with Crippen LogP contribution in [0.15, 0.2) is 47.4 Å². The summed E-state index contributed by atoms with van der Waals surface area (Å²) in [4.78, 5) is 23.8. The maximum atomic E-state index is 13.4. The van der Waals surface area contributed by atoms with Crippen LogP contribution in [0, 0.1) is 5.82 Å². The van der Waals surface area contributed by atoms with Gasteiger partial charge in [-0.3, -0.25) is 9.89 Å². The zero-order valence-electron chi connectivity index (χ0n) is 15.7. The lowest BCUT2D eigenvalue weighted by Crippen LogP contribution is -2.18. The first-order valence-corrected chi connectivity index (χ1v) is 10.3. The highest BCUT2D eigenvalue weighted by molar-refractivity contribution is 7.89. The van der Waals surface area contributed by atoms with Gasteiger partial charge in [-0.05, 0) is 23.8 Å². The monoisotopic (exact) mass is 442 g/mol. The molecule has 0 unspecified atom stereocenters. The van der Waals surface area contributed by atoms with E-state index in [2.05, 4.69) is 30.5 Å². The van der Waals surface area contributed by atoms with Gasteiger partial charge in [-0.25, -0.2) is 22.9 Å². The number of aromatic nitrogens is 5. The molecular weight excluding hydrogens is 427 g/mol. The second-order valence-corrected chi connectivity index (χ2v) is 7.98. The van der Waals surface area contributed by atoms with Gasteiger partial charge in [0.15, 0.2) is 5.82 Å². The van der Waals surface area contributed by atoms with Gasteiger partial charge in [0.05, 0.1) is 0 Å². The van der Waals surface area contributed by atoms with Crippen LogP contribution in [0.2, 0.25) is 0 Å². The van der Waals surface area contributed by atoms with Gasteiger partial charge in [0.25, 0.3) is 5.91 Å². The average Bonchev–Trinajstić information content (AvgIpc) is 3.15. The third-order valence-corrected chi connectivity index (χ3v) is 5.22. The van der Waals surface area contributed by atoms with Crippen LogP contribution in [-0.4, -0.2) is 39.5 Å². The molecule has 0 saturated heterocycles. The Morgan fingerprint density at radius 2 is 1.90 bits per heavy atom. The van der Waals surface area contributed by atoms with Gasteiger partial charge in [-0.2, -0.15) is 15.1 Å². The summed E-state index contributed by atoms with van der Waals surface area (Å²) in [6.07, 6.45) is 0. The van der Waals surface area contributed by atoms with Gasteiger partial charge in [0.1, 0.15) is 21.9 Å².